The Bertz CT molecular complexity index is 1080. The number of ether oxygens (including phenoxy) is 3. The van der Waals surface area contributed by atoms with Crippen molar-refractivity contribution in [2.45, 2.75) is 0 Å². The topological polar surface area (TPSA) is 80.6 Å². The summed E-state index contributed by atoms with van der Waals surface area (Å²) in [7, 11) is 3.02. The Morgan fingerprint density at radius 3 is 2.23 bits per heavy atom. The Hall–Kier alpha value is -4.24. The second-order valence-electron chi connectivity index (χ2n) is 6.15. The fourth-order valence-corrected chi connectivity index (χ4v) is 2.76. The molecule has 0 unspecified atom stereocenters. The predicted molar refractivity (Wildman–Crippen MR) is 115 cm³/mol. The highest BCUT2D eigenvalue weighted by Gasteiger charge is 2.13. The molecular formula is C24H20N2O4. The minimum atomic E-state index is -0.529. The van der Waals surface area contributed by atoms with Gasteiger partial charge in [0.1, 0.15) is 23.1 Å². The molecule has 0 fully saturated rings. The molecule has 0 radical (unpaired) electrons. The van der Waals surface area contributed by atoms with Crippen molar-refractivity contribution in [1.82, 2.24) is 0 Å². The number of nitriles is 1. The first-order chi connectivity index (χ1) is 14.6. The molecule has 0 aliphatic heterocycles. The first-order valence-corrected chi connectivity index (χ1v) is 9.11. The minimum absolute atomic E-state index is 0.0637. The first kappa shape index (κ1) is 20.5. The lowest BCUT2D eigenvalue weighted by Crippen LogP contribution is -2.13. The number of hydrogen-bond donors (Lipinski definition) is 1. The molecule has 30 heavy (non-hydrogen) atoms. The van der Waals surface area contributed by atoms with E-state index in [2.05, 4.69) is 5.32 Å². The van der Waals surface area contributed by atoms with Gasteiger partial charge < -0.3 is 19.5 Å². The van der Waals surface area contributed by atoms with E-state index in [9.17, 15) is 10.1 Å². The molecule has 3 rings (SSSR count). The lowest BCUT2D eigenvalue weighted by molar-refractivity contribution is -0.112. The molecule has 0 bridgehead atoms. The van der Waals surface area contributed by atoms with Crippen molar-refractivity contribution in [3.8, 4) is 29.1 Å². The molecule has 0 aliphatic carbocycles. The summed E-state index contributed by atoms with van der Waals surface area (Å²) in [5.41, 5.74) is 1.04. The highest BCUT2D eigenvalue weighted by molar-refractivity contribution is 6.09. The standard InChI is InChI=1S/C24H20N2O4/c1-28-22-10-6-7-17(23(22)29-2)15-18(16-25)24(27)26-19-11-13-21(14-12-19)30-20-8-4-3-5-9-20/h3-15H,1-2H3,(H,26,27)/b18-15+. The Kier molecular flexibility index (Phi) is 6.70. The van der Waals surface area contributed by atoms with Crippen molar-refractivity contribution in [2.24, 2.45) is 0 Å². The first-order valence-electron chi connectivity index (χ1n) is 9.11. The fourth-order valence-electron chi connectivity index (χ4n) is 2.76. The average molecular weight is 400 g/mol. The molecule has 0 saturated carbocycles. The second kappa shape index (κ2) is 9.80. The van der Waals surface area contributed by atoms with Crippen LogP contribution in [0.5, 0.6) is 23.0 Å². The quantitative estimate of drug-likeness (QED) is 0.444. The molecule has 150 valence electrons. The van der Waals surface area contributed by atoms with Gasteiger partial charge in [-0.3, -0.25) is 4.79 Å². The maximum atomic E-state index is 12.6. The van der Waals surface area contributed by atoms with Crippen LogP contribution >= 0.6 is 0 Å². The zero-order valence-corrected chi connectivity index (χ0v) is 16.6. The summed E-state index contributed by atoms with van der Waals surface area (Å²) in [6, 6.07) is 23.4. The van der Waals surface area contributed by atoms with E-state index in [4.69, 9.17) is 14.2 Å². The summed E-state index contributed by atoms with van der Waals surface area (Å²) >= 11 is 0. The van der Waals surface area contributed by atoms with Crippen LogP contribution in [0.4, 0.5) is 5.69 Å². The highest BCUT2D eigenvalue weighted by Crippen LogP contribution is 2.32. The van der Waals surface area contributed by atoms with Crippen molar-refractivity contribution in [3.05, 3.63) is 83.9 Å². The maximum Gasteiger partial charge on any atom is 0.266 e. The molecule has 3 aromatic rings. The third-order valence-corrected chi connectivity index (χ3v) is 4.19. The van der Waals surface area contributed by atoms with Crippen LogP contribution in [0.2, 0.25) is 0 Å². The lowest BCUT2D eigenvalue weighted by atomic mass is 10.1. The van der Waals surface area contributed by atoms with E-state index in [1.165, 1.54) is 20.3 Å². The van der Waals surface area contributed by atoms with Crippen molar-refractivity contribution < 1.29 is 19.0 Å². The van der Waals surface area contributed by atoms with E-state index in [1.807, 2.05) is 36.4 Å². The molecule has 6 heteroatoms. The number of methoxy groups -OCH3 is 2. The van der Waals surface area contributed by atoms with E-state index in [1.54, 1.807) is 42.5 Å². The Morgan fingerprint density at radius 2 is 1.60 bits per heavy atom. The lowest BCUT2D eigenvalue weighted by Gasteiger charge is -2.11. The average Bonchev–Trinajstić information content (AvgIpc) is 2.79. The van der Waals surface area contributed by atoms with Gasteiger partial charge in [0.2, 0.25) is 0 Å². The van der Waals surface area contributed by atoms with E-state index in [0.29, 0.717) is 28.5 Å². The van der Waals surface area contributed by atoms with Crippen molar-refractivity contribution in [3.63, 3.8) is 0 Å². The van der Waals surface area contributed by atoms with Gasteiger partial charge in [0.05, 0.1) is 14.2 Å². The van der Waals surface area contributed by atoms with Gasteiger partial charge in [-0.25, -0.2) is 0 Å². The predicted octanol–water partition coefficient (Wildman–Crippen LogP) is 5.04. The summed E-state index contributed by atoms with van der Waals surface area (Å²) in [5.74, 6) is 1.78. The number of nitrogens with zero attached hydrogens (tertiary/aromatic N) is 1. The third-order valence-electron chi connectivity index (χ3n) is 4.19. The van der Waals surface area contributed by atoms with Crippen LogP contribution < -0.4 is 19.5 Å². The third kappa shape index (κ3) is 4.97. The SMILES string of the molecule is COc1cccc(/C=C(\C#N)C(=O)Nc2ccc(Oc3ccccc3)cc2)c1OC. The Morgan fingerprint density at radius 1 is 0.900 bits per heavy atom. The number of nitrogens with one attached hydrogen (secondary N) is 1. The molecule has 0 aliphatic rings. The summed E-state index contributed by atoms with van der Waals surface area (Å²) in [4.78, 5) is 12.6. The number of benzene rings is 3. The van der Waals surface area contributed by atoms with E-state index >= 15 is 0 Å². The summed E-state index contributed by atoms with van der Waals surface area (Å²) in [6.45, 7) is 0. The number of para-hydroxylation sites is 2. The van der Waals surface area contributed by atoms with Crippen LogP contribution in [0, 0.1) is 11.3 Å². The molecule has 0 spiro atoms. The molecule has 1 amide bonds. The van der Waals surface area contributed by atoms with Gasteiger partial charge in [-0.2, -0.15) is 5.26 Å². The molecule has 0 aromatic heterocycles. The van der Waals surface area contributed by atoms with Crippen LogP contribution in [0.3, 0.4) is 0 Å². The van der Waals surface area contributed by atoms with Gasteiger partial charge in [-0.05, 0) is 48.5 Å². The molecule has 6 nitrogen and oxygen atoms in total. The second-order valence-corrected chi connectivity index (χ2v) is 6.15. The van der Waals surface area contributed by atoms with Gasteiger partial charge in [-0.1, -0.05) is 30.3 Å². The van der Waals surface area contributed by atoms with Gasteiger partial charge in [0, 0.05) is 11.3 Å². The zero-order valence-electron chi connectivity index (χ0n) is 16.6. The van der Waals surface area contributed by atoms with Crippen molar-refractivity contribution in [1.29, 1.82) is 5.26 Å². The summed E-state index contributed by atoms with van der Waals surface area (Å²) in [5, 5.41) is 12.2. The van der Waals surface area contributed by atoms with Crippen molar-refractivity contribution in [2.75, 3.05) is 19.5 Å². The number of rotatable bonds is 7. The number of carbonyl (C=O) groups excluding carboxylic acids is 1. The Balaban J connectivity index is 1.74. The number of anilines is 1. The van der Waals surface area contributed by atoms with E-state index in [0.717, 1.165) is 5.75 Å². The normalized spacial score (nSPS) is 10.6. The molecular weight excluding hydrogens is 380 g/mol. The molecule has 0 heterocycles. The van der Waals surface area contributed by atoms with Gasteiger partial charge in [0.15, 0.2) is 11.5 Å². The molecule has 3 aromatic carbocycles. The van der Waals surface area contributed by atoms with Crippen LogP contribution in [0.25, 0.3) is 6.08 Å². The molecule has 1 N–H and O–H groups in total. The van der Waals surface area contributed by atoms with Gasteiger partial charge in [-0.15, -0.1) is 0 Å². The van der Waals surface area contributed by atoms with Crippen molar-refractivity contribution >= 4 is 17.7 Å². The molecule has 0 saturated heterocycles. The van der Waals surface area contributed by atoms with Gasteiger partial charge >= 0.3 is 0 Å². The summed E-state index contributed by atoms with van der Waals surface area (Å²) in [6.07, 6.45) is 1.46. The Labute approximate surface area is 174 Å². The van der Waals surface area contributed by atoms with Crippen LogP contribution in [0.15, 0.2) is 78.4 Å². The zero-order chi connectivity index (χ0) is 21.3. The number of amides is 1. The number of carbonyl (C=O) groups is 1. The largest absolute Gasteiger partial charge is 0.493 e. The smallest absolute Gasteiger partial charge is 0.266 e. The molecule has 0 atom stereocenters. The number of hydrogen-bond acceptors (Lipinski definition) is 5. The highest BCUT2D eigenvalue weighted by atomic mass is 16.5. The fraction of sp³-hybridized carbons (Fsp3) is 0.0833. The monoisotopic (exact) mass is 400 g/mol. The van der Waals surface area contributed by atoms with E-state index in [-0.39, 0.29) is 5.57 Å². The van der Waals surface area contributed by atoms with Crippen LogP contribution in [-0.4, -0.2) is 20.1 Å². The van der Waals surface area contributed by atoms with Gasteiger partial charge in [0.25, 0.3) is 5.91 Å². The minimum Gasteiger partial charge on any atom is -0.493 e. The summed E-state index contributed by atoms with van der Waals surface area (Å²) < 4.78 is 16.3. The maximum absolute atomic E-state index is 12.6. The van der Waals surface area contributed by atoms with Crippen LogP contribution in [-0.2, 0) is 4.79 Å². The van der Waals surface area contributed by atoms with Crippen LogP contribution in [0.1, 0.15) is 5.56 Å². The van der Waals surface area contributed by atoms with E-state index < -0.39 is 5.91 Å².